The SMILES string of the molecule is Cc1cc2c(c(C3C4CC5CC(C4)CC3C5)c1)OC[N+](c1ccccc1)=C2. The number of hydrogen-bond acceptors (Lipinski definition) is 1. The van der Waals surface area contributed by atoms with Gasteiger partial charge >= 0.3 is 0 Å². The molecule has 0 unspecified atom stereocenters. The van der Waals surface area contributed by atoms with Crippen LogP contribution in [0.15, 0.2) is 42.5 Å². The normalized spacial score (nSPS) is 33.4. The molecule has 0 N–H and O–H groups in total. The van der Waals surface area contributed by atoms with Crippen LogP contribution in [0.4, 0.5) is 5.69 Å². The van der Waals surface area contributed by atoms with E-state index >= 15 is 0 Å². The van der Waals surface area contributed by atoms with Crippen molar-refractivity contribution in [2.75, 3.05) is 6.73 Å². The molecule has 2 aromatic carbocycles. The highest BCUT2D eigenvalue weighted by Gasteiger charge is 2.49. The lowest BCUT2D eigenvalue weighted by atomic mass is 9.50. The van der Waals surface area contributed by atoms with Gasteiger partial charge in [0.05, 0.1) is 5.56 Å². The lowest BCUT2D eigenvalue weighted by Crippen LogP contribution is -2.44. The summed E-state index contributed by atoms with van der Waals surface area (Å²) in [6.07, 6.45) is 9.64. The maximum absolute atomic E-state index is 6.43. The Kier molecular flexibility index (Phi) is 3.51. The number of aryl methyl sites for hydroxylation is 1. The van der Waals surface area contributed by atoms with E-state index in [4.69, 9.17) is 4.74 Å². The molecule has 27 heavy (non-hydrogen) atoms. The molecular formula is C25H28NO+. The molecule has 4 fully saturated rings. The smallest absolute Gasteiger partial charge is 0.292 e. The third kappa shape index (κ3) is 2.56. The molecule has 4 bridgehead atoms. The zero-order valence-electron chi connectivity index (χ0n) is 16.1. The molecule has 2 heteroatoms. The fraction of sp³-hybridized carbons (Fsp3) is 0.480. The summed E-state index contributed by atoms with van der Waals surface area (Å²) in [6, 6.07) is 15.3. The van der Waals surface area contributed by atoms with Crippen LogP contribution in [0, 0.1) is 30.6 Å². The third-order valence-corrected chi connectivity index (χ3v) is 7.61. The van der Waals surface area contributed by atoms with E-state index in [1.54, 1.807) is 0 Å². The molecule has 7 rings (SSSR count). The van der Waals surface area contributed by atoms with E-state index in [9.17, 15) is 0 Å². The number of rotatable bonds is 2. The van der Waals surface area contributed by atoms with Gasteiger partial charge in [0.25, 0.3) is 6.73 Å². The zero-order chi connectivity index (χ0) is 18.0. The predicted molar refractivity (Wildman–Crippen MR) is 108 cm³/mol. The minimum atomic E-state index is 0.611. The molecule has 0 spiro atoms. The Morgan fingerprint density at radius 2 is 1.59 bits per heavy atom. The van der Waals surface area contributed by atoms with Crippen molar-refractivity contribution in [3.8, 4) is 5.75 Å². The van der Waals surface area contributed by atoms with Gasteiger partial charge in [-0.25, -0.2) is 0 Å². The summed E-state index contributed by atoms with van der Waals surface area (Å²) in [5.41, 5.74) is 5.34. The van der Waals surface area contributed by atoms with Gasteiger partial charge in [0.1, 0.15) is 5.75 Å². The number of benzene rings is 2. The van der Waals surface area contributed by atoms with E-state index < -0.39 is 0 Å². The quantitative estimate of drug-likeness (QED) is 0.632. The molecule has 2 aromatic rings. The van der Waals surface area contributed by atoms with E-state index in [-0.39, 0.29) is 0 Å². The molecule has 1 heterocycles. The van der Waals surface area contributed by atoms with E-state index in [0.29, 0.717) is 6.73 Å². The second-order valence-electron chi connectivity index (χ2n) is 9.44. The van der Waals surface area contributed by atoms with Crippen LogP contribution >= 0.6 is 0 Å². The highest BCUT2D eigenvalue weighted by atomic mass is 16.5. The Morgan fingerprint density at radius 1 is 0.889 bits per heavy atom. The molecule has 1 aliphatic heterocycles. The molecule has 2 nitrogen and oxygen atoms in total. The molecule has 0 saturated heterocycles. The lowest BCUT2D eigenvalue weighted by Gasteiger charge is -2.54. The molecule has 0 aromatic heterocycles. The van der Waals surface area contributed by atoms with Crippen LogP contribution in [0.2, 0.25) is 0 Å². The van der Waals surface area contributed by atoms with E-state index in [2.05, 4.69) is 60.2 Å². The molecule has 4 aliphatic carbocycles. The molecular weight excluding hydrogens is 330 g/mol. The van der Waals surface area contributed by atoms with E-state index in [1.807, 2.05) is 0 Å². The van der Waals surface area contributed by atoms with Gasteiger partial charge in [0, 0.05) is 12.1 Å². The van der Waals surface area contributed by atoms with Gasteiger partial charge in [-0.2, -0.15) is 4.58 Å². The summed E-state index contributed by atoms with van der Waals surface area (Å²) in [4.78, 5) is 0. The topological polar surface area (TPSA) is 12.2 Å². The van der Waals surface area contributed by atoms with Crippen LogP contribution in [-0.2, 0) is 0 Å². The number of ether oxygens (including phenoxy) is 1. The van der Waals surface area contributed by atoms with Crippen molar-refractivity contribution in [1.82, 2.24) is 0 Å². The maximum atomic E-state index is 6.43. The van der Waals surface area contributed by atoms with Crippen molar-refractivity contribution < 1.29 is 9.31 Å². The number of fused-ring (bicyclic) bond motifs is 1. The fourth-order valence-electron chi connectivity index (χ4n) is 6.88. The summed E-state index contributed by atoms with van der Waals surface area (Å²) in [6.45, 7) is 2.86. The molecule has 0 radical (unpaired) electrons. The van der Waals surface area contributed by atoms with Gasteiger partial charge in [-0.15, -0.1) is 0 Å². The lowest BCUT2D eigenvalue weighted by molar-refractivity contribution is -0.476. The third-order valence-electron chi connectivity index (χ3n) is 7.61. The van der Waals surface area contributed by atoms with Crippen molar-refractivity contribution >= 4 is 11.9 Å². The second-order valence-corrected chi connectivity index (χ2v) is 9.44. The van der Waals surface area contributed by atoms with Crippen LogP contribution < -0.4 is 4.74 Å². The largest absolute Gasteiger partial charge is 0.435 e. The first-order valence-corrected chi connectivity index (χ1v) is 10.7. The van der Waals surface area contributed by atoms with Gasteiger partial charge in [0.15, 0.2) is 6.21 Å². The summed E-state index contributed by atoms with van der Waals surface area (Å²) in [5, 5.41) is 0. The average Bonchev–Trinajstić information content (AvgIpc) is 2.67. The Hall–Kier alpha value is -2.09. The van der Waals surface area contributed by atoms with Gasteiger partial charge in [-0.05, 0) is 85.8 Å². The summed E-state index contributed by atoms with van der Waals surface area (Å²) in [5.74, 6) is 5.72. The first-order valence-electron chi connectivity index (χ1n) is 10.7. The molecule has 0 atom stereocenters. The van der Waals surface area contributed by atoms with Crippen LogP contribution in [0.5, 0.6) is 5.75 Å². The van der Waals surface area contributed by atoms with Crippen LogP contribution in [-0.4, -0.2) is 17.5 Å². The fourth-order valence-corrected chi connectivity index (χ4v) is 6.88. The van der Waals surface area contributed by atoms with Gasteiger partial charge in [-0.3, -0.25) is 0 Å². The van der Waals surface area contributed by atoms with Crippen molar-refractivity contribution in [3.05, 3.63) is 59.2 Å². The first kappa shape index (κ1) is 15.9. The van der Waals surface area contributed by atoms with E-state index in [0.717, 1.165) is 29.6 Å². The predicted octanol–water partition coefficient (Wildman–Crippen LogP) is 5.65. The Morgan fingerprint density at radius 3 is 2.30 bits per heavy atom. The molecule has 5 aliphatic rings. The standard InChI is InChI=1S/C25H28NO/c1-16-7-21-14-26(22-5-3-2-4-6-22)15-27-25(21)23(8-16)24-19-10-17-9-18(12-19)13-20(24)11-17/h2-8,14,17-20,24H,9-13,15H2,1H3/q+1. The summed E-state index contributed by atoms with van der Waals surface area (Å²) < 4.78 is 8.65. The Labute approximate surface area is 161 Å². The minimum absolute atomic E-state index is 0.611. The van der Waals surface area contributed by atoms with Gasteiger partial charge in [-0.1, -0.05) is 24.3 Å². The Balaban J connectivity index is 1.42. The first-order chi connectivity index (χ1) is 13.2. The van der Waals surface area contributed by atoms with Crippen molar-refractivity contribution in [2.24, 2.45) is 23.7 Å². The minimum Gasteiger partial charge on any atom is -0.435 e. The maximum Gasteiger partial charge on any atom is 0.292 e. The van der Waals surface area contributed by atoms with Crippen molar-refractivity contribution in [2.45, 2.75) is 44.9 Å². The number of para-hydroxylation sites is 1. The zero-order valence-corrected chi connectivity index (χ0v) is 16.1. The highest BCUT2D eigenvalue weighted by molar-refractivity contribution is 5.83. The second kappa shape index (κ2) is 5.95. The van der Waals surface area contributed by atoms with Gasteiger partial charge in [0.2, 0.25) is 5.69 Å². The number of hydrogen-bond donors (Lipinski definition) is 0. The molecule has 4 saturated carbocycles. The summed E-state index contributed by atoms with van der Waals surface area (Å²) in [7, 11) is 0. The van der Waals surface area contributed by atoms with Gasteiger partial charge < -0.3 is 4.74 Å². The molecule has 0 amide bonds. The van der Waals surface area contributed by atoms with Crippen LogP contribution in [0.25, 0.3) is 0 Å². The van der Waals surface area contributed by atoms with E-state index in [1.165, 1.54) is 60.2 Å². The average molecular weight is 359 g/mol. The summed E-state index contributed by atoms with van der Waals surface area (Å²) >= 11 is 0. The van der Waals surface area contributed by atoms with Crippen LogP contribution in [0.1, 0.15) is 54.7 Å². The monoisotopic (exact) mass is 358 g/mol. The molecule has 138 valence electrons. The Bertz CT molecular complexity index is 885. The van der Waals surface area contributed by atoms with Crippen molar-refractivity contribution in [1.29, 1.82) is 0 Å². The van der Waals surface area contributed by atoms with Crippen LogP contribution in [0.3, 0.4) is 0 Å². The highest BCUT2D eigenvalue weighted by Crippen LogP contribution is 2.61. The van der Waals surface area contributed by atoms with Crippen molar-refractivity contribution in [3.63, 3.8) is 0 Å². The number of nitrogens with zero attached hydrogens (tertiary/aromatic N) is 1.